The molecule has 4 saturated carbocycles. The molecule has 0 bridgehead atoms. The summed E-state index contributed by atoms with van der Waals surface area (Å²) in [6.45, 7) is 8.48. The van der Waals surface area contributed by atoms with Gasteiger partial charge in [0.25, 0.3) is 0 Å². The molecule has 0 heterocycles. The average Bonchev–Trinajstić information content (AvgIpc) is 2.85. The van der Waals surface area contributed by atoms with Crippen molar-refractivity contribution in [1.29, 1.82) is 0 Å². The van der Waals surface area contributed by atoms with E-state index in [0.29, 0.717) is 17.3 Å². The molecule has 8 atom stereocenters. The van der Waals surface area contributed by atoms with Crippen molar-refractivity contribution < 1.29 is 15.3 Å². The predicted molar refractivity (Wildman–Crippen MR) is 98.7 cm³/mol. The fourth-order valence-electron chi connectivity index (χ4n) is 8.33. The first-order chi connectivity index (χ1) is 11.5. The van der Waals surface area contributed by atoms with Crippen molar-refractivity contribution in [3.05, 3.63) is 0 Å². The van der Waals surface area contributed by atoms with Crippen LogP contribution in [-0.2, 0) is 0 Å². The molecule has 0 aromatic rings. The van der Waals surface area contributed by atoms with E-state index in [1.54, 1.807) is 6.92 Å². The van der Waals surface area contributed by atoms with E-state index < -0.39 is 11.4 Å². The Balaban J connectivity index is 1.60. The zero-order chi connectivity index (χ0) is 18.3. The minimum absolute atomic E-state index is 0.0172. The van der Waals surface area contributed by atoms with Crippen LogP contribution in [0.4, 0.5) is 0 Å². The standard InChI is InChI=1S/C22H38O3/c1-19(23)11-12-20(2)14(13-19)5-6-15-16-7-8-18(22(4,24)25)21(16,3)10-9-17(15)20/h14-18,23-25H,5-13H2,1-4H3/t14-,15?,16?,17?,18?,19+,20-,21-/m0/s1. The van der Waals surface area contributed by atoms with Gasteiger partial charge in [-0.1, -0.05) is 13.8 Å². The van der Waals surface area contributed by atoms with Crippen LogP contribution in [-0.4, -0.2) is 26.7 Å². The average molecular weight is 351 g/mol. The maximum atomic E-state index is 10.6. The molecule has 0 saturated heterocycles. The van der Waals surface area contributed by atoms with Gasteiger partial charge in [-0.15, -0.1) is 0 Å². The van der Waals surface area contributed by atoms with Gasteiger partial charge in [0, 0.05) is 5.92 Å². The van der Waals surface area contributed by atoms with Crippen LogP contribution >= 0.6 is 0 Å². The minimum Gasteiger partial charge on any atom is -0.390 e. The van der Waals surface area contributed by atoms with Gasteiger partial charge in [0.1, 0.15) is 0 Å². The lowest BCUT2D eigenvalue weighted by molar-refractivity contribution is -0.223. The second-order valence-electron chi connectivity index (χ2n) is 11.1. The number of rotatable bonds is 1. The second kappa shape index (κ2) is 5.45. The van der Waals surface area contributed by atoms with Gasteiger partial charge in [-0.25, -0.2) is 0 Å². The quantitative estimate of drug-likeness (QED) is 0.624. The zero-order valence-corrected chi connectivity index (χ0v) is 16.6. The number of fused-ring (bicyclic) bond motifs is 5. The van der Waals surface area contributed by atoms with Crippen molar-refractivity contribution in [2.45, 2.75) is 96.9 Å². The van der Waals surface area contributed by atoms with Gasteiger partial charge >= 0.3 is 0 Å². The summed E-state index contributed by atoms with van der Waals surface area (Å²) in [7, 11) is 0. The zero-order valence-electron chi connectivity index (χ0n) is 16.6. The molecule has 0 spiro atoms. The minimum atomic E-state index is -1.54. The Kier molecular flexibility index (Phi) is 3.98. The van der Waals surface area contributed by atoms with E-state index in [2.05, 4.69) is 13.8 Å². The Hall–Kier alpha value is -0.120. The highest BCUT2D eigenvalue weighted by molar-refractivity contribution is 5.11. The smallest absolute Gasteiger partial charge is 0.163 e. The maximum absolute atomic E-state index is 10.6. The molecule has 4 aliphatic rings. The van der Waals surface area contributed by atoms with E-state index in [9.17, 15) is 15.3 Å². The molecule has 0 aromatic carbocycles. The first-order valence-corrected chi connectivity index (χ1v) is 10.6. The molecule has 4 unspecified atom stereocenters. The van der Waals surface area contributed by atoms with Crippen molar-refractivity contribution in [3.63, 3.8) is 0 Å². The van der Waals surface area contributed by atoms with Gasteiger partial charge in [0.2, 0.25) is 0 Å². The van der Waals surface area contributed by atoms with E-state index in [0.717, 1.165) is 50.4 Å². The Labute approximate surface area is 153 Å². The topological polar surface area (TPSA) is 60.7 Å². The molecule has 4 rings (SSSR count). The van der Waals surface area contributed by atoms with Crippen LogP contribution in [0.25, 0.3) is 0 Å². The van der Waals surface area contributed by atoms with E-state index in [-0.39, 0.29) is 11.3 Å². The van der Waals surface area contributed by atoms with Crippen LogP contribution < -0.4 is 0 Å². The highest BCUT2D eigenvalue weighted by Gasteiger charge is 2.62. The van der Waals surface area contributed by atoms with Crippen molar-refractivity contribution in [2.24, 2.45) is 40.4 Å². The number of hydrogen-bond donors (Lipinski definition) is 3. The van der Waals surface area contributed by atoms with E-state index in [1.807, 2.05) is 6.92 Å². The van der Waals surface area contributed by atoms with Crippen molar-refractivity contribution in [2.75, 3.05) is 0 Å². The third-order valence-electron chi connectivity index (χ3n) is 9.61. The summed E-state index contributed by atoms with van der Waals surface area (Å²) in [6.07, 6.45) is 10.1. The molecule has 3 heteroatoms. The lowest BCUT2D eigenvalue weighted by Gasteiger charge is -2.62. The number of hydrogen-bond acceptors (Lipinski definition) is 3. The normalized spacial score (nSPS) is 56.0. The molecule has 25 heavy (non-hydrogen) atoms. The second-order valence-corrected chi connectivity index (χ2v) is 11.1. The largest absolute Gasteiger partial charge is 0.390 e. The summed E-state index contributed by atoms with van der Waals surface area (Å²) in [5.41, 5.74) is 0.00329. The lowest BCUT2D eigenvalue weighted by Crippen LogP contribution is -2.56. The van der Waals surface area contributed by atoms with Crippen molar-refractivity contribution >= 4 is 0 Å². The Bertz CT molecular complexity index is 536. The Morgan fingerprint density at radius 3 is 2.16 bits per heavy atom. The Morgan fingerprint density at radius 1 is 0.800 bits per heavy atom. The highest BCUT2D eigenvalue weighted by Crippen LogP contribution is 2.68. The van der Waals surface area contributed by atoms with Gasteiger partial charge in [-0.3, -0.25) is 0 Å². The highest BCUT2D eigenvalue weighted by atomic mass is 16.5. The van der Waals surface area contributed by atoms with Crippen LogP contribution in [0.2, 0.25) is 0 Å². The van der Waals surface area contributed by atoms with Crippen LogP contribution in [0.5, 0.6) is 0 Å². The molecule has 3 nitrogen and oxygen atoms in total. The van der Waals surface area contributed by atoms with Crippen LogP contribution in [0.15, 0.2) is 0 Å². The SMILES string of the molecule is CC(O)(O)C1CCC2C3CC[C@H]4C[C@](C)(O)CC[C@]4(C)C3CC[C@@]21C. The fraction of sp³-hybridized carbons (Fsp3) is 1.00. The molecule has 0 amide bonds. The van der Waals surface area contributed by atoms with Crippen LogP contribution in [0.1, 0.15) is 85.5 Å². The summed E-state index contributed by atoms with van der Waals surface area (Å²) in [4.78, 5) is 0. The molecule has 0 aromatic heterocycles. The Morgan fingerprint density at radius 2 is 1.48 bits per heavy atom. The third kappa shape index (κ3) is 2.63. The summed E-state index contributed by atoms with van der Waals surface area (Å²) in [5.74, 6) is 1.30. The molecule has 3 N–H and O–H groups in total. The van der Waals surface area contributed by atoms with Gasteiger partial charge in [0.05, 0.1) is 5.60 Å². The van der Waals surface area contributed by atoms with Gasteiger partial charge in [-0.05, 0) is 106 Å². The van der Waals surface area contributed by atoms with Crippen molar-refractivity contribution in [1.82, 2.24) is 0 Å². The van der Waals surface area contributed by atoms with Crippen LogP contribution in [0, 0.1) is 40.4 Å². The molecule has 0 radical (unpaired) electrons. The monoisotopic (exact) mass is 350 g/mol. The van der Waals surface area contributed by atoms with E-state index in [4.69, 9.17) is 0 Å². The van der Waals surface area contributed by atoms with Crippen LogP contribution in [0.3, 0.4) is 0 Å². The number of aliphatic hydroxyl groups is 3. The molecular formula is C22H38O3. The molecule has 4 aliphatic carbocycles. The third-order valence-corrected chi connectivity index (χ3v) is 9.61. The van der Waals surface area contributed by atoms with Crippen molar-refractivity contribution in [3.8, 4) is 0 Å². The lowest BCUT2D eigenvalue weighted by atomic mass is 9.44. The molecular weight excluding hydrogens is 312 g/mol. The van der Waals surface area contributed by atoms with Gasteiger partial charge in [-0.2, -0.15) is 0 Å². The fourth-order valence-corrected chi connectivity index (χ4v) is 8.33. The predicted octanol–water partition coefficient (Wildman–Crippen LogP) is 4.10. The first kappa shape index (κ1) is 18.3. The summed E-state index contributed by atoms with van der Waals surface area (Å²) < 4.78 is 0. The summed E-state index contributed by atoms with van der Waals surface area (Å²) in [5, 5.41) is 31.3. The summed E-state index contributed by atoms with van der Waals surface area (Å²) in [6, 6.07) is 0. The van der Waals surface area contributed by atoms with Gasteiger partial charge < -0.3 is 15.3 Å². The van der Waals surface area contributed by atoms with E-state index >= 15 is 0 Å². The molecule has 4 fully saturated rings. The first-order valence-electron chi connectivity index (χ1n) is 10.6. The van der Waals surface area contributed by atoms with Gasteiger partial charge in [0.15, 0.2) is 5.79 Å². The summed E-state index contributed by atoms with van der Waals surface area (Å²) >= 11 is 0. The molecule has 0 aliphatic heterocycles. The van der Waals surface area contributed by atoms with E-state index in [1.165, 1.54) is 19.3 Å². The maximum Gasteiger partial charge on any atom is 0.163 e. The molecule has 144 valence electrons.